The van der Waals surface area contributed by atoms with Gasteiger partial charge in [0.1, 0.15) is 0 Å². The minimum Gasteiger partial charge on any atom is -0.481 e. The van der Waals surface area contributed by atoms with Crippen LogP contribution in [-0.2, 0) is 9.53 Å². The van der Waals surface area contributed by atoms with Crippen molar-refractivity contribution in [3.8, 4) is 0 Å². The van der Waals surface area contributed by atoms with Crippen LogP contribution >= 0.6 is 0 Å². The average molecular weight is 373 g/mol. The lowest BCUT2D eigenvalue weighted by Gasteiger charge is -2.24. The van der Waals surface area contributed by atoms with Crippen LogP contribution in [0.3, 0.4) is 0 Å². The molecule has 0 rings (SSSR count). The third kappa shape index (κ3) is 16.8. The predicted molar refractivity (Wildman–Crippen MR) is 109 cm³/mol. The quantitative estimate of drug-likeness (QED) is 0.298. The van der Waals surface area contributed by atoms with Gasteiger partial charge < -0.3 is 14.9 Å². The number of ether oxygens (including phenoxy) is 1. The number of aliphatic hydroxyl groups excluding tert-OH is 1. The first-order chi connectivity index (χ1) is 12.2. The highest BCUT2D eigenvalue weighted by atomic mass is 16.5. The molecule has 0 radical (unpaired) electrons. The van der Waals surface area contributed by atoms with Crippen LogP contribution in [0, 0.1) is 10.8 Å². The number of carboxylic acid groups (broad SMARTS) is 1. The van der Waals surface area contributed by atoms with Crippen LogP contribution in [0.4, 0.5) is 0 Å². The smallest absolute Gasteiger partial charge is 0.303 e. The SMILES string of the molecule is CC(C)(CCCCO)CCCCOCCCCC(C)(C)CCCC(=O)O. The molecule has 0 spiro atoms. The Kier molecular flexibility index (Phi) is 14.1. The maximum absolute atomic E-state index is 10.6. The molecule has 0 aromatic carbocycles. The van der Waals surface area contributed by atoms with Gasteiger partial charge in [-0.1, -0.05) is 47.0 Å². The molecule has 26 heavy (non-hydrogen) atoms. The van der Waals surface area contributed by atoms with E-state index >= 15 is 0 Å². The second-order valence-electron chi connectivity index (χ2n) is 9.28. The molecule has 4 heteroatoms. The zero-order valence-electron chi connectivity index (χ0n) is 17.8. The van der Waals surface area contributed by atoms with E-state index in [-0.39, 0.29) is 11.8 Å². The number of hydrogen-bond donors (Lipinski definition) is 2. The molecule has 0 atom stereocenters. The largest absolute Gasteiger partial charge is 0.481 e. The Labute approximate surface area is 161 Å². The van der Waals surface area contributed by atoms with Crippen molar-refractivity contribution in [2.24, 2.45) is 10.8 Å². The van der Waals surface area contributed by atoms with E-state index in [4.69, 9.17) is 14.9 Å². The van der Waals surface area contributed by atoms with E-state index in [0.717, 1.165) is 64.6 Å². The molecular formula is C22H44O4. The van der Waals surface area contributed by atoms with Crippen LogP contribution in [0.15, 0.2) is 0 Å². The highest BCUT2D eigenvalue weighted by Gasteiger charge is 2.18. The van der Waals surface area contributed by atoms with Crippen molar-refractivity contribution in [2.45, 2.75) is 105 Å². The fraction of sp³-hybridized carbons (Fsp3) is 0.955. The highest BCUT2D eigenvalue weighted by molar-refractivity contribution is 5.66. The van der Waals surface area contributed by atoms with Crippen LogP contribution in [0.1, 0.15) is 105 Å². The average Bonchev–Trinajstić information content (AvgIpc) is 2.52. The Hall–Kier alpha value is -0.610. The van der Waals surface area contributed by atoms with Gasteiger partial charge in [-0.25, -0.2) is 0 Å². The van der Waals surface area contributed by atoms with E-state index < -0.39 is 5.97 Å². The van der Waals surface area contributed by atoms with E-state index in [1.807, 2.05) is 0 Å². The lowest BCUT2D eigenvalue weighted by molar-refractivity contribution is -0.137. The summed E-state index contributed by atoms with van der Waals surface area (Å²) in [6.45, 7) is 11.1. The number of unbranched alkanes of at least 4 members (excludes halogenated alkanes) is 3. The summed E-state index contributed by atoms with van der Waals surface area (Å²) in [6.07, 6.45) is 12.2. The van der Waals surface area contributed by atoms with E-state index in [1.165, 1.54) is 19.3 Å². The highest BCUT2D eigenvalue weighted by Crippen LogP contribution is 2.30. The first-order valence-electron chi connectivity index (χ1n) is 10.6. The summed E-state index contributed by atoms with van der Waals surface area (Å²) in [4.78, 5) is 10.6. The second kappa shape index (κ2) is 14.4. The molecule has 0 heterocycles. The summed E-state index contributed by atoms with van der Waals surface area (Å²) in [5.74, 6) is -0.692. The van der Waals surface area contributed by atoms with Crippen LogP contribution in [0.5, 0.6) is 0 Å². The van der Waals surface area contributed by atoms with Gasteiger partial charge in [-0.2, -0.15) is 0 Å². The molecule has 0 unspecified atom stereocenters. The Morgan fingerprint density at radius 2 is 1.15 bits per heavy atom. The first kappa shape index (κ1) is 25.4. The van der Waals surface area contributed by atoms with Gasteiger partial charge in [-0.05, 0) is 62.2 Å². The Bertz CT molecular complexity index is 350. The van der Waals surface area contributed by atoms with Crippen molar-refractivity contribution >= 4 is 5.97 Å². The molecule has 0 amide bonds. The van der Waals surface area contributed by atoms with Gasteiger partial charge in [0.15, 0.2) is 0 Å². The maximum atomic E-state index is 10.6. The standard InChI is InChI=1S/C22H44O4/c1-21(2,13-5-8-17-23)14-6-9-18-26-19-10-7-15-22(3,4)16-11-12-20(24)25/h23H,5-19H2,1-4H3,(H,24,25). The number of aliphatic carboxylic acids is 1. The molecule has 0 aliphatic heterocycles. The number of aliphatic hydroxyl groups is 1. The van der Waals surface area contributed by atoms with Crippen LogP contribution in [0.25, 0.3) is 0 Å². The molecule has 2 N–H and O–H groups in total. The molecule has 0 saturated carbocycles. The van der Waals surface area contributed by atoms with Crippen molar-refractivity contribution < 1.29 is 19.7 Å². The molecule has 156 valence electrons. The summed E-state index contributed by atoms with van der Waals surface area (Å²) in [7, 11) is 0. The molecule has 0 aromatic rings. The third-order valence-electron chi connectivity index (χ3n) is 5.29. The molecule has 0 bridgehead atoms. The van der Waals surface area contributed by atoms with Crippen molar-refractivity contribution in [1.29, 1.82) is 0 Å². The number of rotatable bonds is 18. The summed E-state index contributed by atoms with van der Waals surface area (Å²) in [5.41, 5.74) is 0.610. The van der Waals surface area contributed by atoms with E-state index in [0.29, 0.717) is 12.0 Å². The fourth-order valence-corrected chi connectivity index (χ4v) is 3.40. The summed E-state index contributed by atoms with van der Waals surface area (Å²) >= 11 is 0. The number of carboxylic acids is 1. The number of hydrogen-bond acceptors (Lipinski definition) is 3. The minimum atomic E-state index is -0.692. The Morgan fingerprint density at radius 3 is 1.58 bits per heavy atom. The molecule has 0 aliphatic carbocycles. The van der Waals surface area contributed by atoms with Crippen molar-refractivity contribution in [2.75, 3.05) is 19.8 Å². The van der Waals surface area contributed by atoms with Gasteiger partial charge in [-0.15, -0.1) is 0 Å². The second-order valence-corrected chi connectivity index (χ2v) is 9.28. The van der Waals surface area contributed by atoms with Gasteiger partial charge in [-0.3, -0.25) is 4.79 Å². The minimum absolute atomic E-state index is 0.233. The molecule has 0 saturated heterocycles. The van der Waals surface area contributed by atoms with Crippen LogP contribution in [-0.4, -0.2) is 36.0 Å². The van der Waals surface area contributed by atoms with Gasteiger partial charge in [0.25, 0.3) is 0 Å². The van der Waals surface area contributed by atoms with Gasteiger partial charge in [0.2, 0.25) is 0 Å². The lowest BCUT2D eigenvalue weighted by atomic mass is 9.82. The van der Waals surface area contributed by atoms with Crippen molar-refractivity contribution in [3.05, 3.63) is 0 Å². The molecule has 0 aliphatic rings. The fourth-order valence-electron chi connectivity index (χ4n) is 3.40. The summed E-state index contributed by atoms with van der Waals surface area (Å²) in [6, 6.07) is 0. The number of carbonyl (C=O) groups is 1. The maximum Gasteiger partial charge on any atom is 0.303 e. The molecule has 0 fully saturated rings. The Morgan fingerprint density at radius 1 is 0.731 bits per heavy atom. The molecule has 0 aromatic heterocycles. The molecular weight excluding hydrogens is 328 g/mol. The first-order valence-corrected chi connectivity index (χ1v) is 10.6. The summed E-state index contributed by atoms with van der Waals surface area (Å²) in [5, 5.41) is 17.6. The van der Waals surface area contributed by atoms with E-state index in [1.54, 1.807) is 0 Å². The monoisotopic (exact) mass is 372 g/mol. The van der Waals surface area contributed by atoms with Gasteiger partial charge in [0.05, 0.1) is 0 Å². The zero-order valence-corrected chi connectivity index (χ0v) is 17.8. The van der Waals surface area contributed by atoms with E-state index in [2.05, 4.69) is 27.7 Å². The third-order valence-corrected chi connectivity index (χ3v) is 5.29. The van der Waals surface area contributed by atoms with E-state index in [9.17, 15) is 4.79 Å². The van der Waals surface area contributed by atoms with Crippen molar-refractivity contribution in [1.82, 2.24) is 0 Å². The van der Waals surface area contributed by atoms with Gasteiger partial charge in [0, 0.05) is 26.2 Å². The molecule has 4 nitrogen and oxygen atoms in total. The van der Waals surface area contributed by atoms with Crippen LogP contribution in [0.2, 0.25) is 0 Å². The summed E-state index contributed by atoms with van der Waals surface area (Å²) < 4.78 is 5.76. The van der Waals surface area contributed by atoms with Crippen LogP contribution < -0.4 is 0 Å². The zero-order chi connectivity index (χ0) is 19.9. The normalized spacial score (nSPS) is 12.5. The predicted octanol–water partition coefficient (Wildman–Crippen LogP) is 5.81. The topological polar surface area (TPSA) is 66.8 Å². The lowest BCUT2D eigenvalue weighted by Crippen LogP contribution is -2.13. The Balaban J connectivity index is 3.51. The van der Waals surface area contributed by atoms with Crippen molar-refractivity contribution in [3.63, 3.8) is 0 Å². The van der Waals surface area contributed by atoms with Gasteiger partial charge >= 0.3 is 5.97 Å².